The van der Waals surface area contributed by atoms with E-state index in [1.165, 1.54) is 0 Å². The summed E-state index contributed by atoms with van der Waals surface area (Å²) in [7, 11) is 0. The molecule has 0 radical (unpaired) electrons. The van der Waals surface area contributed by atoms with Gasteiger partial charge < -0.3 is 10.3 Å². The molecule has 0 amide bonds. The van der Waals surface area contributed by atoms with E-state index in [1.54, 1.807) is 0 Å². The van der Waals surface area contributed by atoms with Crippen molar-refractivity contribution >= 4 is 0 Å². The van der Waals surface area contributed by atoms with Gasteiger partial charge in [-0.1, -0.05) is 13.0 Å². The molecule has 0 unspecified atom stereocenters. The third-order valence-corrected chi connectivity index (χ3v) is 2.01. The molecule has 2 nitrogen and oxygen atoms in total. The monoisotopic (exact) mass is 140 g/mol. The zero-order valence-electron chi connectivity index (χ0n) is 6.85. The van der Waals surface area contributed by atoms with Gasteiger partial charge in [0.05, 0.1) is 0 Å². The maximum Gasteiger partial charge on any atom is 0.0264 e. The van der Waals surface area contributed by atoms with Gasteiger partial charge in [0.25, 0.3) is 0 Å². The molecule has 2 heteroatoms. The van der Waals surface area contributed by atoms with E-state index in [-0.39, 0.29) is 5.54 Å². The van der Waals surface area contributed by atoms with Gasteiger partial charge in [-0.3, -0.25) is 0 Å². The first-order chi connectivity index (χ1) is 4.58. The summed E-state index contributed by atoms with van der Waals surface area (Å²) in [4.78, 5) is 0. The van der Waals surface area contributed by atoms with Crippen LogP contribution in [0.3, 0.4) is 0 Å². The molecule has 1 aliphatic heterocycles. The van der Waals surface area contributed by atoms with Crippen molar-refractivity contribution in [1.82, 2.24) is 5.06 Å². The van der Waals surface area contributed by atoms with Crippen LogP contribution in [0.15, 0.2) is 11.8 Å². The molecule has 10 heavy (non-hydrogen) atoms. The first-order valence-corrected chi connectivity index (χ1v) is 3.74. The maximum absolute atomic E-state index is 11.3. The Morgan fingerprint density at radius 2 is 2.30 bits per heavy atom. The van der Waals surface area contributed by atoms with Crippen LogP contribution >= 0.6 is 0 Å². The smallest absolute Gasteiger partial charge is 0.0264 e. The lowest BCUT2D eigenvalue weighted by Crippen LogP contribution is -2.33. The van der Waals surface area contributed by atoms with Crippen molar-refractivity contribution in [2.45, 2.75) is 39.2 Å². The summed E-state index contributed by atoms with van der Waals surface area (Å²) in [5.74, 6) is 0. The van der Waals surface area contributed by atoms with E-state index in [2.05, 4.69) is 0 Å². The van der Waals surface area contributed by atoms with Gasteiger partial charge in [-0.2, -0.15) is 0 Å². The summed E-state index contributed by atoms with van der Waals surface area (Å²) < 4.78 is 0. The van der Waals surface area contributed by atoms with Gasteiger partial charge in [0.15, 0.2) is 0 Å². The molecule has 0 bridgehead atoms. The molecular formula is C8H14NO-. The molecule has 58 valence electrons. The molecule has 0 aromatic carbocycles. The summed E-state index contributed by atoms with van der Waals surface area (Å²) in [6.45, 7) is 5.95. The molecule has 0 aromatic heterocycles. The highest BCUT2D eigenvalue weighted by Crippen LogP contribution is 2.31. The normalized spacial score (nSPS) is 23.2. The Balaban J connectivity index is 2.69. The van der Waals surface area contributed by atoms with Crippen LogP contribution in [-0.2, 0) is 0 Å². The predicted molar refractivity (Wildman–Crippen MR) is 42.3 cm³/mol. The average Bonchev–Trinajstić information content (AvgIpc) is 2.10. The molecule has 1 heterocycles. The van der Waals surface area contributed by atoms with E-state index in [9.17, 15) is 5.21 Å². The molecule has 0 atom stereocenters. The van der Waals surface area contributed by atoms with Crippen molar-refractivity contribution in [3.8, 4) is 0 Å². The highest BCUT2D eigenvalue weighted by Gasteiger charge is 2.24. The minimum atomic E-state index is -0.189. The standard InChI is InChI=1S/C8H14NO/c1-4-7-5-6-8(2,3)9(7)10/h5H,4,6H2,1-3H3/q-1. The maximum atomic E-state index is 11.3. The Morgan fingerprint density at radius 1 is 1.70 bits per heavy atom. The molecular weight excluding hydrogens is 126 g/mol. The number of allylic oxidation sites excluding steroid dienone is 1. The van der Waals surface area contributed by atoms with Gasteiger partial charge >= 0.3 is 0 Å². The molecule has 0 N–H and O–H groups in total. The third kappa shape index (κ3) is 1.03. The van der Waals surface area contributed by atoms with E-state index in [0.717, 1.165) is 23.6 Å². The van der Waals surface area contributed by atoms with Crippen molar-refractivity contribution in [1.29, 1.82) is 0 Å². The summed E-state index contributed by atoms with van der Waals surface area (Å²) >= 11 is 0. The minimum absolute atomic E-state index is 0.189. The van der Waals surface area contributed by atoms with Crippen molar-refractivity contribution in [3.05, 3.63) is 17.0 Å². The average molecular weight is 140 g/mol. The highest BCUT2D eigenvalue weighted by molar-refractivity contribution is 5.15. The van der Waals surface area contributed by atoms with E-state index in [0.29, 0.717) is 0 Å². The van der Waals surface area contributed by atoms with Crippen LogP contribution in [0.1, 0.15) is 33.6 Å². The third-order valence-electron chi connectivity index (χ3n) is 2.01. The van der Waals surface area contributed by atoms with Gasteiger partial charge in [-0.15, -0.1) is 0 Å². The van der Waals surface area contributed by atoms with Crippen LogP contribution in [0.5, 0.6) is 0 Å². The molecule has 0 saturated carbocycles. The van der Waals surface area contributed by atoms with Crippen molar-refractivity contribution in [3.63, 3.8) is 0 Å². The van der Waals surface area contributed by atoms with Gasteiger partial charge in [0.2, 0.25) is 0 Å². The fraction of sp³-hybridized carbons (Fsp3) is 0.750. The van der Waals surface area contributed by atoms with Crippen LogP contribution in [0.4, 0.5) is 0 Å². The second-order valence-electron chi connectivity index (χ2n) is 3.36. The van der Waals surface area contributed by atoms with Crippen LogP contribution in [0.25, 0.3) is 0 Å². The Bertz CT molecular complexity index is 161. The first-order valence-electron chi connectivity index (χ1n) is 3.74. The van der Waals surface area contributed by atoms with Gasteiger partial charge in [0.1, 0.15) is 0 Å². The van der Waals surface area contributed by atoms with Crippen molar-refractivity contribution < 1.29 is 0 Å². The Kier molecular flexibility index (Phi) is 1.73. The summed E-state index contributed by atoms with van der Waals surface area (Å²) in [5, 5.41) is 12.4. The quantitative estimate of drug-likeness (QED) is 0.558. The number of hydrogen-bond acceptors (Lipinski definition) is 2. The van der Waals surface area contributed by atoms with Crippen LogP contribution in [0.2, 0.25) is 0 Å². The van der Waals surface area contributed by atoms with Crippen molar-refractivity contribution in [2.75, 3.05) is 0 Å². The highest BCUT2D eigenvalue weighted by atomic mass is 16.5. The Morgan fingerprint density at radius 3 is 2.50 bits per heavy atom. The molecule has 0 fully saturated rings. The molecule has 1 aliphatic rings. The largest absolute Gasteiger partial charge is 0.758 e. The zero-order chi connectivity index (χ0) is 7.78. The fourth-order valence-corrected chi connectivity index (χ4v) is 1.21. The summed E-state index contributed by atoms with van der Waals surface area (Å²) in [5.41, 5.74) is 0.746. The van der Waals surface area contributed by atoms with Gasteiger partial charge in [0, 0.05) is 5.54 Å². The molecule has 0 aliphatic carbocycles. The number of nitrogens with zero attached hydrogens (tertiary/aromatic N) is 1. The van der Waals surface area contributed by atoms with Crippen LogP contribution < -0.4 is 0 Å². The molecule has 0 saturated heterocycles. The van der Waals surface area contributed by atoms with Gasteiger partial charge in [-0.05, 0) is 32.4 Å². The lowest BCUT2D eigenvalue weighted by molar-refractivity contribution is 0.260. The number of hydrogen-bond donors (Lipinski definition) is 0. The molecule has 0 aromatic rings. The Hall–Kier alpha value is -0.500. The predicted octanol–water partition coefficient (Wildman–Crippen LogP) is 2.26. The summed E-state index contributed by atoms with van der Waals surface area (Å²) in [6.07, 6.45) is 3.78. The number of rotatable bonds is 1. The SMILES string of the molecule is CCC1=CCC(C)(C)N1[O-]. The fourth-order valence-electron chi connectivity index (χ4n) is 1.21. The molecule has 1 rings (SSSR count). The Labute approximate surface area is 62.1 Å². The number of hydroxylamine groups is 2. The topological polar surface area (TPSA) is 26.3 Å². The second-order valence-corrected chi connectivity index (χ2v) is 3.36. The minimum Gasteiger partial charge on any atom is -0.758 e. The lowest BCUT2D eigenvalue weighted by atomic mass is 10.0. The van der Waals surface area contributed by atoms with Crippen LogP contribution in [0, 0.1) is 5.21 Å². The van der Waals surface area contributed by atoms with Gasteiger partial charge in [-0.25, -0.2) is 0 Å². The van der Waals surface area contributed by atoms with E-state index in [1.807, 2.05) is 26.8 Å². The summed E-state index contributed by atoms with van der Waals surface area (Å²) in [6, 6.07) is 0. The lowest BCUT2D eigenvalue weighted by Gasteiger charge is -2.42. The van der Waals surface area contributed by atoms with Crippen molar-refractivity contribution in [2.24, 2.45) is 0 Å². The van der Waals surface area contributed by atoms with Crippen LogP contribution in [-0.4, -0.2) is 10.6 Å². The van der Waals surface area contributed by atoms with E-state index >= 15 is 0 Å². The van der Waals surface area contributed by atoms with E-state index < -0.39 is 0 Å². The van der Waals surface area contributed by atoms with E-state index in [4.69, 9.17) is 0 Å². The second kappa shape index (κ2) is 2.27. The first kappa shape index (κ1) is 7.61. The zero-order valence-corrected chi connectivity index (χ0v) is 6.85. The molecule has 0 spiro atoms.